The summed E-state index contributed by atoms with van der Waals surface area (Å²) >= 11 is 0. The van der Waals surface area contributed by atoms with E-state index in [2.05, 4.69) is 37.9 Å². The number of hydrogen-bond donors (Lipinski definition) is 1. The lowest BCUT2D eigenvalue weighted by molar-refractivity contribution is 0.232. The molecule has 1 saturated heterocycles. The Morgan fingerprint density at radius 3 is 2.10 bits per heavy atom. The average molecular weight is 319 g/mol. The van der Waals surface area contributed by atoms with Crippen molar-refractivity contribution in [1.82, 2.24) is 10.2 Å². The van der Waals surface area contributed by atoms with Gasteiger partial charge in [0, 0.05) is 12.6 Å². The van der Waals surface area contributed by atoms with Gasteiger partial charge in [0.2, 0.25) is 0 Å². The summed E-state index contributed by atoms with van der Waals surface area (Å²) in [4.78, 5) is 2.52. The van der Waals surface area contributed by atoms with Gasteiger partial charge in [0.1, 0.15) is 0 Å². The maximum absolute atomic E-state index is 11.7. The Balaban J connectivity index is 2.39. The SMILES string of the molecule is CC(C)CCN(CCC(C)C)CCC1CS(=O)(=O)CCN1. The van der Waals surface area contributed by atoms with Crippen molar-refractivity contribution in [3.05, 3.63) is 0 Å². The Hall–Kier alpha value is -0.130. The van der Waals surface area contributed by atoms with E-state index in [1.807, 2.05) is 0 Å². The topological polar surface area (TPSA) is 49.4 Å². The van der Waals surface area contributed by atoms with Crippen molar-refractivity contribution in [3.63, 3.8) is 0 Å². The van der Waals surface area contributed by atoms with E-state index in [0.29, 0.717) is 18.1 Å². The molecule has 1 aliphatic heterocycles. The second-order valence-electron chi connectivity index (χ2n) is 7.26. The molecule has 0 aromatic carbocycles. The molecule has 0 aromatic heterocycles. The fourth-order valence-electron chi connectivity index (χ4n) is 2.61. The molecule has 0 aromatic rings. The maximum Gasteiger partial charge on any atom is 0.153 e. The van der Waals surface area contributed by atoms with Gasteiger partial charge in [0.15, 0.2) is 9.84 Å². The lowest BCUT2D eigenvalue weighted by atomic mass is 10.1. The summed E-state index contributed by atoms with van der Waals surface area (Å²) in [6.07, 6.45) is 3.37. The van der Waals surface area contributed by atoms with Gasteiger partial charge in [0.25, 0.3) is 0 Å². The molecule has 0 saturated carbocycles. The van der Waals surface area contributed by atoms with Crippen molar-refractivity contribution < 1.29 is 8.42 Å². The molecule has 1 heterocycles. The van der Waals surface area contributed by atoms with Crippen molar-refractivity contribution in [2.24, 2.45) is 11.8 Å². The van der Waals surface area contributed by atoms with Gasteiger partial charge >= 0.3 is 0 Å². The molecule has 4 nitrogen and oxygen atoms in total. The molecule has 0 amide bonds. The molecular formula is C16H34N2O2S. The average Bonchev–Trinajstić information content (AvgIpc) is 2.36. The quantitative estimate of drug-likeness (QED) is 0.708. The molecule has 0 aliphatic carbocycles. The number of rotatable bonds is 9. The molecule has 0 spiro atoms. The Labute approximate surface area is 131 Å². The van der Waals surface area contributed by atoms with Crippen LogP contribution in [0.25, 0.3) is 0 Å². The van der Waals surface area contributed by atoms with Gasteiger partial charge < -0.3 is 10.2 Å². The van der Waals surface area contributed by atoms with Crippen LogP contribution in [0.3, 0.4) is 0 Å². The number of nitrogens with zero attached hydrogens (tertiary/aromatic N) is 1. The Bertz CT molecular complexity index is 368. The number of sulfone groups is 1. The van der Waals surface area contributed by atoms with E-state index in [9.17, 15) is 8.42 Å². The molecule has 5 heteroatoms. The predicted octanol–water partition coefficient (Wildman–Crippen LogP) is 2.16. The lowest BCUT2D eigenvalue weighted by Gasteiger charge is -2.28. The van der Waals surface area contributed by atoms with Crippen LogP contribution in [-0.4, -0.2) is 57.0 Å². The van der Waals surface area contributed by atoms with E-state index in [-0.39, 0.29) is 6.04 Å². The molecule has 1 aliphatic rings. The third kappa shape index (κ3) is 8.79. The smallest absolute Gasteiger partial charge is 0.153 e. The fraction of sp³-hybridized carbons (Fsp3) is 1.00. The molecule has 0 bridgehead atoms. The minimum atomic E-state index is -2.81. The molecule has 1 N–H and O–H groups in total. The van der Waals surface area contributed by atoms with Gasteiger partial charge in [-0.05, 0) is 50.7 Å². The first kappa shape index (κ1) is 18.9. The summed E-state index contributed by atoms with van der Waals surface area (Å²) in [6.45, 7) is 12.9. The third-order valence-corrected chi connectivity index (χ3v) is 5.88. The van der Waals surface area contributed by atoms with Gasteiger partial charge in [-0.3, -0.25) is 0 Å². The summed E-state index contributed by atoms with van der Waals surface area (Å²) in [6, 6.07) is 0.143. The zero-order valence-corrected chi connectivity index (χ0v) is 15.1. The van der Waals surface area contributed by atoms with E-state index < -0.39 is 9.84 Å². The zero-order chi connectivity index (χ0) is 15.9. The Morgan fingerprint density at radius 1 is 1.05 bits per heavy atom. The van der Waals surface area contributed by atoms with E-state index >= 15 is 0 Å². The van der Waals surface area contributed by atoms with E-state index in [4.69, 9.17) is 0 Å². The van der Waals surface area contributed by atoms with Crippen LogP contribution >= 0.6 is 0 Å². The minimum Gasteiger partial charge on any atom is -0.312 e. The first-order valence-electron chi connectivity index (χ1n) is 8.44. The Morgan fingerprint density at radius 2 is 1.62 bits per heavy atom. The summed E-state index contributed by atoms with van der Waals surface area (Å²) in [7, 11) is -2.81. The summed E-state index contributed by atoms with van der Waals surface area (Å²) in [5.74, 6) is 2.06. The fourth-order valence-corrected chi connectivity index (χ4v) is 4.10. The molecule has 1 unspecified atom stereocenters. The van der Waals surface area contributed by atoms with Crippen LogP contribution in [0.2, 0.25) is 0 Å². The number of hydrogen-bond acceptors (Lipinski definition) is 4. The van der Waals surface area contributed by atoms with Crippen LogP contribution in [0, 0.1) is 11.8 Å². The standard InChI is InChI=1S/C16H34N2O2S/c1-14(2)5-9-18(10-6-15(3)4)11-7-16-13-21(19,20)12-8-17-16/h14-17H,5-13H2,1-4H3. The highest BCUT2D eigenvalue weighted by Crippen LogP contribution is 2.10. The number of nitrogens with one attached hydrogen (secondary N) is 1. The van der Waals surface area contributed by atoms with Gasteiger partial charge in [-0.25, -0.2) is 8.42 Å². The van der Waals surface area contributed by atoms with Crippen molar-refractivity contribution in [1.29, 1.82) is 0 Å². The first-order chi connectivity index (χ1) is 9.78. The van der Waals surface area contributed by atoms with Crippen LogP contribution in [-0.2, 0) is 9.84 Å². The lowest BCUT2D eigenvalue weighted by Crippen LogP contribution is -2.46. The molecule has 0 radical (unpaired) electrons. The van der Waals surface area contributed by atoms with Crippen molar-refractivity contribution >= 4 is 9.84 Å². The summed E-state index contributed by atoms with van der Waals surface area (Å²) < 4.78 is 23.4. The van der Waals surface area contributed by atoms with Crippen LogP contribution < -0.4 is 5.32 Å². The second kappa shape index (κ2) is 9.11. The predicted molar refractivity (Wildman–Crippen MR) is 90.4 cm³/mol. The highest BCUT2D eigenvalue weighted by molar-refractivity contribution is 7.91. The first-order valence-corrected chi connectivity index (χ1v) is 10.3. The van der Waals surface area contributed by atoms with Crippen molar-refractivity contribution in [2.45, 2.75) is 53.0 Å². The largest absolute Gasteiger partial charge is 0.312 e. The highest BCUT2D eigenvalue weighted by Gasteiger charge is 2.24. The third-order valence-electron chi connectivity index (χ3n) is 4.14. The highest BCUT2D eigenvalue weighted by atomic mass is 32.2. The second-order valence-corrected chi connectivity index (χ2v) is 9.49. The molecule has 1 fully saturated rings. The van der Waals surface area contributed by atoms with Crippen molar-refractivity contribution in [2.75, 3.05) is 37.7 Å². The maximum atomic E-state index is 11.7. The molecule has 21 heavy (non-hydrogen) atoms. The van der Waals surface area contributed by atoms with Gasteiger partial charge in [-0.1, -0.05) is 27.7 Å². The summed E-state index contributed by atoms with van der Waals surface area (Å²) in [5.41, 5.74) is 0. The molecule has 1 atom stereocenters. The zero-order valence-electron chi connectivity index (χ0n) is 14.3. The van der Waals surface area contributed by atoms with Crippen molar-refractivity contribution in [3.8, 4) is 0 Å². The van der Waals surface area contributed by atoms with Crippen LogP contribution in [0.15, 0.2) is 0 Å². The van der Waals surface area contributed by atoms with Crippen LogP contribution in [0.4, 0.5) is 0 Å². The molecule has 126 valence electrons. The Kier molecular flexibility index (Phi) is 8.21. The van der Waals surface area contributed by atoms with Crippen LogP contribution in [0.5, 0.6) is 0 Å². The monoisotopic (exact) mass is 318 g/mol. The van der Waals surface area contributed by atoms with E-state index in [0.717, 1.165) is 37.9 Å². The van der Waals surface area contributed by atoms with E-state index in [1.165, 1.54) is 12.8 Å². The van der Waals surface area contributed by atoms with E-state index in [1.54, 1.807) is 0 Å². The van der Waals surface area contributed by atoms with Gasteiger partial charge in [-0.2, -0.15) is 0 Å². The normalized spacial score (nSPS) is 22.3. The minimum absolute atomic E-state index is 0.143. The molecule has 1 rings (SSSR count). The van der Waals surface area contributed by atoms with Gasteiger partial charge in [0.05, 0.1) is 11.5 Å². The summed E-state index contributed by atoms with van der Waals surface area (Å²) in [5, 5.41) is 3.35. The van der Waals surface area contributed by atoms with Crippen LogP contribution in [0.1, 0.15) is 47.0 Å². The molecular weight excluding hydrogens is 284 g/mol. The van der Waals surface area contributed by atoms with Gasteiger partial charge in [-0.15, -0.1) is 0 Å².